The van der Waals surface area contributed by atoms with E-state index in [2.05, 4.69) is 38.2 Å². The van der Waals surface area contributed by atoms with Crippen LogP contribution in [0.4, 0.5) is 0 Å². The third kappa shape index (κ3) is 39.6. The second kappa shape index (κ2) is 41.7. The van der Waals surface area contributed by atoms with Crippen molar-refractivity contribution < 1.29 is 9.47 Å². The van der Waals surface area contributed by atoms with Crippen LogP contribution in [0.15, 0.2) is 24.3 Å². The Kier molecular flexibility index (Phi) is 43.4. The van der Waals surface area contributed by atoms with E-state index in [0.717, 1.165) is 26.1 Å². The highest BCUT2D eigenvalue weighted by Crippen LogP contribution is 2.12. The summed E-state index contributed by atoms with van der Waals surface area (Å²) in [6, 6.07) is 0. The number of ether oxygens (including phenoxy) is 2. The molecule has 1 unspecified atom stereocenters. The molecule has 43 heavy (non-hydrogen) atoms. The van der Waals surface area contributed by atoms with E-state index in [1.54, 1.807) is 0 Å². The van der Waals surface area contributed by atoms with Crippen LogP contribution in [0, 0.1) is 0 Å². The topological polar surface area (TPSA) is 44.5 Å². The first-order chi connectivity index (χ1) is 20.8. The van der Waals surface area contributed by atoms with Crippen LogP contribution in [0.25, 0.3) is 0 Å². The molecule has 0 radical (unpaired) electrons. The predicted octanol–water partition coefficient (Wildman–Crippen LogP) is 12.8. The molecule has 258 valence electrons. The van der Waals surface area contributed by atoms with Gasteiger partial charge in [0.1, 0.15) is 0 Å². The average molecular weight is 629 g/mol. The quantitative estimate of drug-likeness (QED) is 0.0555. The Hall–Kier alpha value is -0.350. The van der Waals surface area contributed by atoms with Crippen molar-refractivity contribution in [2.45, 2.75) is 200 Å². The van der Waals surface area contributed by atoms with Gasteiger partial charge in [-0.25, -0.2) is 0 Å². The molecule has 3 nitrogen and oxygen atoms in total. The highest BCUT2D eigenvalue weighted by Gasteiger charge is 2.06. The number of hydrogen-bond donors (Lipinski definition) is 1. The largest absolute Gasteiger partial charge is 0.379 e. The fourth-order valence-corrected chi connectivity index (χ4v) is 5.45. The second-order valence-electron chi connectivity index (χ2n) is 12.7. The molecule has 0 fully saturated rings. The van der Waals surface area contributed by atoms with E-state index in [-0.39, 0.29) is 18.5 Å². The van der Waals surface area contributed by atoms with Gasteiger partial charge in [-0.15, -0.1) is 12.4 Å². The molecule has 0 aromatic heterocycles. The van der Waals surface area contributed by atoms with Crippen LogP contribution in [0.2, 0.25) is 0 Å². The first-order valence-corrected chi connectivity index (χ1v) is 19.0. The van der Waals surface area contributed by atoms with Crippen molar-refractivity contribution in [1.82, 2.24) is 0 Å². The Morgan fingerprint density at radius 2 is 0.767 bits per heavy atom. The smallest absolute Gasteiger partial charge is 0.0930 e. The maximum Gasteiger partial charge on any atom is 0.0930 e. The first kappa shape index (κ1) is 44.8. The Labute approximate surface area is 277 Å². The lowest BCUT2D eigenvalue weighted by atomic mass is 10.1. The van der Waals surface area contributed by atoms with E-state index in [1.165, 1.54) is 167 Å². The zero-order valence-corrected chi connectivity index (χ0v) is 30.1. The van der Waals surface area contributed by atoms with Gasteiger partial charge in [-0.05, 0) is 64.2 Å². The molecule has 0 amide bonds. The van der Waals surface area contributed by atoms with Crippen LogP contribution in [0.1, 0.15) is 194 Å². The van der Waals surface area contributed by atoms with Crippen LogP contribution < -0.4 is 5.73 Å². The first-order valence-electron chi connectivity index (χ1n) is 19.0. The molecule has 0 aromatic rings. The molecular formula is C39H78ClNO2. The highest BCUT2D eigenvalue weighted by molar-refractivity contribution is 5.85. The number of hydrogen-bond acceptors (Lipinski definition) is 3. The molecular weight excluding hydrogens is 550 g/mol. The third-order valence-corrected chi connectivity index (χ3v) is 8.38. The van der Waals surface area contributed by atoms with Gasteiger partial charge in [0, 0.05) is 19.8 Å². The monoisotopic (exact) mass is 628 g/mol. The van der Waals surface area contributed by atoms with Crippen molar-refractivity contribution in [3.8, 4) is 0 Å². The maximum absolute atomic E-state index is 5.98. The van der Waals surface area contributed by atoms with Crippen LogP contribution in [0.3, 0.4) is 0 Å². The minimum absolute atomic E-state index is 0. The Bertz CT molecular complexity index is 539. The minimum atomic E-state index is 0. The molecule has 0 aliphatic rings. The van der Waals surface area contributed by atoms with Gasteiger partial charge < -0.3 is 15.2 Å². The molecule has 1 atom stereocenters. The fraction of sp³-hybridized carbons (Fsp3) is 0.897. The predicted molar refractivity (Wildman–Crippen MR) is 196 cm³/mol. The van der Waals surface area contributed by atoms with Gasteiger partial charge in [-0.2, -0.15) is 0 Å². The summed E-state index contributed by atoms with van der Waals surface area (Å²) >= 11 is 0. The number of halogens is 1. The summed E-state index contributed by atoms with van der Waals surface area (Å²) in [7, 11) is 0. The molecule has 0 saturated heterocycles. The van der Waals surface area contributed by atoms with E-state index in [4.69, 9.17) is 15.2 Å². The lowest BCUT2D eigenvalue weighted by Crippen LogP contribution is -2.29. The Morgan fingerprint density at radius 3 is 1.14 bits per heavy atom. The van der Waals surface area contributed by atoms with Gasteiger partial charge in [-0.3, -0.25) is 0 Å². The molecule has 0 spiro atoms. The lowest BCUT2D eigenvalue weighted by Gasteiger charge is -2.16. The maximum atomic E-state index is 5.98. The summed E-state index contributed by atoms with van der Waals surface area (Å²) < 4.78 is 11.8. The average Bonchev–Trinajstić information content (AvgIpc) is 3.00. The Morgan fingerprint density at radius 1 is 0.442 bits per heavy atom. The molecule has 4 heteroatoms. The van der Waals surface area contributed by atoms with Crippen molar-refractivity contribution in [2.75, 3.05) is 26.4 Å². The van der Waals surface area contributed by atoms with E-state index >= 15 is 0 Å². The van der Waals surface area contributed by atoms with Crippen LogP contribution in [-0.4, -0.2) is 32.5 Å². The number of rotatable bonds is 36. The summed E-state index contributed by atoms with van der Waals surface area (Å²) in [5.74, 6) is 0. The van der Waals surface area contributed by atoms with Crippen molar-refractivity contribution in [3.05, 3.63) is 24.3 Å². The van der Waals surface area contributed by atoms with Crippen LogP contribution in [-0.2, 0) is 9.47 Å². The van der Waals surface area contributed by atoms with Crippen molar-refractivity contribution in [2.24, 2.45) is 5.73 Å². The molecule has 0 rings (SSSR count). The molecule has 0 bridgehead atoms. The van der Waals surface area contributed by atoms with Crippen molar-refractivity contribution in [1.29, 1.82) is 0 Å². The number of allylic oxidation sites excluding steroid dienone is 4. The second-order valence-corrected chi connectivity index (χ2v) is 12.7. The standard InChI is InChI=1S/C39H77NO2.ClH/c1-3-5-7-9-11-13-15-17-19-21-23-25-27-29-31-33-35-41-38-39(37-40)42-36-34-32-30-28-26-24-22-20-18-16-14-12-10-8-6-4-2;/h17-20,39H,3-16,21-38,40H2,1-2H3;1H/b19-17-,20-18-;. The fourth-order valence-electron chi connectivity index (χ4n) is 5.45. The van der Waals surface area contributed by atoms with Crippen LogP contribution in [0.5, 0.6) is 0 Å². The summed E-state index contributed by atoms with van der Waals surface area (Å²) in [5.41, 5.74) is 5.91. The summed E-state index contributed by atoms with van der Waals surface area (Å²) in [6.07, 6.45) is 47.1. The normalized spacial score (nSPS) is 12.4. The van der Waals surface area contributed by atoms with E-state index in [0.29, 0.717) is 13.2 Å². The van der Waals surface area contributed by atoms with E-state index in [1.807, 2.05) is 0 Å². The zero-order valence-electron chi connectivity index (χ0n) is 29.3. The van der Waals surface area contributed by atoms with Gasteiger partial charge in [0.2, 0.25) is 0 Å². The molecule has 2 N–H and O–H groups in total. The summed E-state index contributed by atoms with van der Waals surface area (Å²) in [4.78, 5) is 0. The summed E-state index contributed by atoms with van der Waals surface area (Å²) in [6.45, 7) is 7.44. The van der Waals surface area contributed by atoms with Crippen molar-refractivity contribution >= 4 is 12.4 Å². The number of nitrogens with two attached hydrogens (primary N) is 1. The molecule has 0 aliphatic carbocycles. The van der Waals surface area contributed by atoms with Gasteiger partial charge in [0.05, 0.1) is 12.7 Å². The lowest BCUT2D eigenvalue weighted by molar-refractivity contribution is -0.0136. The molecule has 0 heterocycles. The molecule has 0 aromatic carbocycles. The minimum Gasteiger partial charge on any atom is -0.379 e. The number of unbranched alkanes of at least 4 members (excludes halogenated alkanes) is 24. The van der Waals surface area contributed by atoms with E-state index in [9.17, 15) is 0 Å². The van der Waals surface area contributed by atoms with Crippen molar-refractivity contribution in [3.63, 3.8) is 0 Å². The highest BCUT2D eigenvalue weighted by atomic mass is 35.5. The van der Waals surface area contributed by atoms with Gasteiger partial charge in [0.15, 0.2) is 0 Å². The van der Waals surface area contributed by atoms with Crippen LogP contribution >= 0.6 is 12.4 Å². The van der Waals surface area contributed by atoms with Gasteiger partial charge in [-0.1, -0.05) is 154 Å². The molecule has 0 saturated carbocycles. The third-order valence-electron chi connectivity index (χ3n) is 8.38. The van der Waals surface area contributed by atoms with Gasteiger partial charge >= 0.3 is 0 Å². The van der Waals surface area contributed by atoms with Gasteiger partial charge in [0.25, 0.3) is 0 Å². The van der Waals surface area contributed by atoms with E-state index < -0.39 is 0 Å². The SMILES string of the molecule is CCCCCCCC/C=C\CCCCCCCCOCC(CN)OCCCCCCCC/C=C\CCCCCCCC.Cl. The zero-order chi connectivity index (χ0) is 30.4. The summed E-state index contributed by atoms with van der Waals surface area (Å²) in [5, 5.41) is 0. The molecule has 0 aliphatic heterocycles. The Balaban J connectivity index is 0.